The predicted molar refractivity (Wildman–Crippen MR) is 152 cm³/mol. The molecule has 0 aromatic heterocycles. The number of nitrogens with zero attached hydrogens (tertiary/aromatic N) is 1. The van der Waals surface area contributed by atoms with E-state index in [9.17, 15) is 10.1 Å². The number of rotatable bonds is 11. The van der Waals surface area contributed by atoms with E-state index in [1.807, 2.05) is 49.4 Å². The standard InChI is InChI=1S/C32H29ClN2O3/c1-2-37-30-20-25(18-28(21-34)32(36)35-16-8-11-23-9-4-3-5-10-23)19-29(33)31(30)38-22-24-14-15-26-12-6-7-13-27(26)17-24/h3-7,9-10,12-15,17-20H,2,8,11,16,22H2,1H3,(H,35,36)/b28-18-. The van der Waals surface area contributed by atoms with Gasteiger partial charge in [0.15, 0.2) is 11.5 Å². The summed E-state index contributed by atoms with van der Waals surface area (Å²) in [6.45, 7) is 3.06. The van der Waals surface area contributed by atoms with E-state index in [0.717, 1.165) is 29.2 Å². The largest absolute Gasteiger partial charge is 0.490 e. The number of benzene rings is 4. The number of ether oxygens (including phenoxy) is 2. The first-order valence-electron chi connectivity index (χ1n) is 12.6. The average Bonchev–Trinajstić information content (AvgIpc) is 2.94. The topological polar surface area (TPSA) is 71.3 Å². The van der Waals surface area contributed by atoms with Crippen molar-refractivity contribution in [1.29, 1.82) is 5.26 Å². The number of carbonyl (C=O) groups is 1. The summed E-state index contributed by atoms with van der Waals surface area (Å²) in [4.78, 5) is 12.6. The molecule has 4 aromatic rings. The maximum atomic E-state index is 12.6. The van der Waals surface area contributed by atoms with Crippen molar-refractivity contribution in [2.24, 2.45) is 0 Å². The lowest BCUT2D eigenvalue weighted by atomic mass is 10.1. The molecular formula is C32H29ClN2O3. The molecule has 1 N–H and O–H groups in total. The van der Waals surface area contributed by atoms with Crippen LogP contribution in [-0.4, -0.2) is 19.1 Å². The van der Waals surface area contributed by atoms with Crippen molar-refractivity contribution in [2.45, 2.75) is 26.4 Å². The van der Waals surface area contributed by atoms with Crippen LogP contribution >= 0.6 is 11.6 Å². The van der Waals surface area contributed by atoms with Gasteiger partial charge in [0.2, 0.25) is 0 Å². The third-order valence-electron chi connectivity index (χ3n) is 5.98. The van der Waals surface area contributed by atoms with Crippen LogP contribution < -0.4 is 14.8 Å². The molecule has 0 spiro atoms. The van der Waals surface area contributed by atoms with Gasteiger partial charge in [-0.05, 0) is 71.5 Å². The van der Waals surface area contributed by atoms with Gasteiger partial charge in [-0.3, -0.25) is 4.79 Å². The zero-order valence-corrected chi connectivity index (χ0v) is 22.0. The molecule has 38 heavy (non-hydrogen) atoms. The summed E-state index contributed by atoms with van der Waals surface area (Å²) in [5, 5.41) is 15.1. The Kier molecular flexibility index (Phi) is 9.39. The number of halogens is 1. The lowest BCUT2D eigenvalue weighted by molar-refractivity contribution is -0.117. The van der Waals surface area contributed by atoms with Gasteiger partial charge in [-0.1, -0.05) is 78.3 Å². The maximum Gasteiger partial charge on any atom is 0.261 e. The number of amides is 1. The molecule has 4 aromatic carbocycles. The highest BCUT2D eigenvalue weighted by Crippen LogP contribution is 2.38. The summed E-state index contributed by atoms with van der Waals surface area (Å²) in [6.07, 6.45) is 3.13. The van der Waals surface area contributed by atoms with Gasteiger partial charge in [0.05, 0.1) is 11.6 Å². The molecule has 0 fully saturated rings. The van der Waals surface area contributed by atoms with E-state index in [1.54, 1.807) is 12.1 Å². The molecule has 192 valence electrons. The van der Waals surface area contributed by atoms with Gasteiger partial charge in [-0.25, -0.2) is 0 Å². The molecular weight excluding hydrogens is 496 g/mol. The Balaban J connectivity index is 1.44. The molecule has 5 nitrogen and oxygen atoms in total. The fourth-order valence-electron chi connectivity index (χ4n) is 4.11. The van der Waals surface area contributed by atoms with Crippen LogP contribution in [0.2, 0.25) is 5.02 Å². The summed E-state index contributed by atoms with van der Waals surface area (Å²) in [7, 11) is 0. The summed E-state index contributed by atoms with van der Waals surface area (Å²) in [5.41, 5.74) is 2.78. The molecule has 0 bridgehead atoms. The van der Waals surface area contributed by atoms with Crippen molar-refractivity contribution < 1.29 is 14.3 Å². The monoisotopic (exact) mass is 524 g/mol. The van der Waals surface area contributed by atoms with Crippen molar-refractivity contribution in [3.63, 3.8) is 0 Å². The number of nitrogens with one attached hydrogen (secondary N) is 1. The summed E-state index contributed by atoms with van der Waals surface area (Å²) in [6, 6.07) is 29.7. The van der Waals surface area contributed by atoms with Crippen LogP contribution in [0.1, 0.15) is 30.0 Å². The Hall–Kier alpha value is -4.27. The second kappa shape index (κ2) is 13.3. The minimum Gasteiger partial charge on any atom is -0.490 e. The highest BCUT2D eigenvalue weighted by Gasteiger charge is 2.15. The molecule has 0 aliphatic heterocycles. The third kappa shape index (κ3) is 7.15. The van der Waals surface area contributed by atoms with Crippen LogP contribution in [0, 0.1) is 11.3 Å². The molecule has 0 saturated heterocycles. The molecule has 0 aliphatic carbocycles. The molecule has 1 amide bonds. The second-order valence-corrected chi connectivity index (χ2v) is 9.16. The van der Waals surface area contributed by atoms with E-state index in [2.05, 4.69) is 41.7 Å². The van der Waals surface area contributed by atoms with Gasteiger partial charge < -0.3 is 14.8 Å². The highest BCUT2D eigenvalue weighted by molar-refractivity contribution is 6.32. The van der Waals surface area contributed by atoms with Crippen LogP contribution in [-0.2, 0) is 17.8 Å². The predicted octanol–water partition coefficient (Wildman–Crippen LogP) is 7.13. The lowest BCUT2D eigenvalue weighted by Crippen LogP contribution is -2.25. The van der Waals surface area contributed by atoms with Crippen molar-refractivity contribution in [1.82, 2.24) is 5.32 Å². The molecule has 4 rings (SSSR count). The fraction of sp³-hybridized carbons (Fsp3) is 0.188. The number of nitriles is 1. The molecule has 6 heteroatoms. The smallest absolute Gasteiger partial charge is 0.261 e. The summed E-state index contributed by atoms with van der Waals surface area (Å²) < 4.78 is 11.9. The second-order valence-electron chi connectivity index (χ2n) is 8.75. The number of fused-ring (bicyclic) bond motifs is 1. The molecule has 0 saturated carbocycles. The quantitative estimate of drug-likeness (QED) is 0.129. The number of carbonyl (C=O) groups excluding carboxylic acids is 1. The van der Waals surface area contributed by atoms with Gasteiger partial charge in [-0.15, -0.1) is 0 Å². The van der Waals surface area contributed by atoms with Gasteiger partial charge in [0.25, 0.3) is 5.91 Å². The first-order chi connectivity index (χ1) is 18.6. The zero-order chi connectivity index (χ0) is 26.7. The van der Waals surface area contributed by atoms with Crippen molar-refractivity contribution in [2.75, 3.05) is 13.2 Å². The highest BCUT2D eigenvalue weighted by atomic mass is 35.5. The van der Waals surface area contributed by atoms with Gasteiger partial charge in [0, 0.05) is 6.54 Å². The molecule has 0 atom stereocenters. The third-order valence-corrected chi connectivity index (χ3v) is 6.26. The van der Waals surface area contributed by atoms with Gasteiger partial charge in [0.1, 0.15) is 18.2 Å². The Labute approximate surface area is 228 Å². The van der Waals surface area contributed by atoms with E-state index in [4.69, 9.17) is 21.1 Å². The van der Waals surface area contributed by atoms with Crippen molar-refractivity contribution in [3.05, 3.63) is 112 Å². The summed E-state index contributed by atoms with van der Waals surface area (Å²) in [5.74, 6) is 0.446. The first kappa shape index (κ1) is 26.8. The minimum atomic E-state index is -0.425. The first-order valence-corrected chi connectivity index (χ1v) is 13.0. The van der Waals surface area contributed by atoms with E-state index in [0.29, 0.717) is 41.8 Å². The number of hydrogen-bond donors (Lipinski definition) is 1. The van der Waals surface area contributed by atoms with Crippen LogP contribution in [0.4, 0.5) is 0 Å². The van der Waals surface area contributed by atoms with E-state index < -0.39 is 5.91 Å². The van der Waals surface area contributed by atoms with Crippen molar-refractivity contribution >= 4 is 34.4 Å². The van der Waals surface area contributed by atoms with E-state index in [-0.39, 0.29) is 5.57 Å². The number of hydrogen-bond acceptors (Lipinski definition) is 4. The average molecular weight is 525 g/mol. The van der Waals surface area contributed by atoms with Crippen LogP contribution in [0.3, 0.4) is 0 Å². The zero-order valence-electron chi connectivity index (χ0n) is 21.2. The van der Waals surface area contributed by atoms with E-state index in [1.165, 1.54) is 11.6 Å². The van der Waals surface area contributed by atoms with Crippen LogP contribution in [0.25, 0.3) is 16.8 Å². The molecule has 0 unspecified atom stereocenters. The fourth-order valence-corrected chi connectivity index (χ4v) is 4.38. The van der Waals surface area contributed by atoms with Gasteiger partial charge >= 0.3 is 0 Å². The Morgan fingerprint density at radius 2 is 1.71 bits per heavy atom. The normalized spacial score (nSPS) is 11.1. The Morgan fingerprint density at radius 3 is 2.47 bits per heavy atom. The van der Waals surface area contributed by atoms with Crippen molar-refractivity contribution in [3.8, 4) is 17.6 Å². The SMILES string of the molecule is CCOc1cc(/C=C(/C#N)C(=O)NCCCc2ccccc2)cc(Cl)c1OCc1ccc2ccccc2c1. The van der Waals surface area contributed by atoms with Gasteiger partial charge in [-0.2, -0.15) is 5.26 Å². The lowest BCUT2D eigenvalue weighted by Gasteiger charge is -2.15. The maximum absolute atomic E-state index is 12.6. The molecule has 0 aliphatic rings. The van der Waals surface area contributed by atoms with Crippen LogP contribution in [0.15, 0.2) is 90.5 Å². The van der Waals surface area contributed by atoms with Crippen LogP contribution in [0.5, 0.6) is 11.5 Å². The number of aryl methyl sites for hydroxylation is 1. The summed E-state index contributed by atoms with van der Waals surface area (Å²) >= 11 is 6.58. The van der Waals surface area contributed by atoms with E-state index >= 15 is 0 Å². The Bertz CT molecular complexity index is 1480. The molecule has 0 heterocycles. The minimum absolute atomic E-state index is 0.00643. The Morgan fingerprint density at radius 1 is 0.947 bits per heavy atom. The molecule has 0 radical (unpaired) electrons.